The van der Waals surface area contributed by atoms with Crippen LogP contribution in [0.4, 0.5) is 0 Å². The zero-order valence-electron chi connectivity index (χ0n) is 11.5. The van der Waals surface area contributed by atoms with Gasteiger partial charge < -0.3 is 4.84 Å². The standard InChI is InChI=1S/C15H19NO2S/c1-15(2,16-18-3)14(17)12-9-13(19-10-12)11-7-5-4-6-8-11/h4-8,10,13,16H,9H2,1-3H3. The van der Waals surface area contributed by atoms with Crippen LogP contribution in [0.25, 0.3) is 0 Å². The molecule has 19 heavy (non-hydrogen) atoms. The number of carbonyl (C=O) groups is 1. The van der Waals surface area contributed by atoms with Gasteiger partial charge in [-0.15, -0.1) is 11.8 Å². The molecule has 4 heteroatoms. The Morgan fingerprint density at radius 3 is 2.68 bits per heavy atom. The van der Waals surface area contributed by atoms with Crippen LogP contribution in [-0.4, -0.2) is 18.4 Å². The Morgan fingerprint density at radius 1 is 1.37 bits per heavy atom. The first-order chi connectivity index (χ1) is 9.04. The van der Waals surface area contributed by atoms with Crippen molar-refractivity contribution in [3.63, 3.8) is 0 Å². The molecular weight excluding hydrogens is 258 g/mol. The molecule has 1 unspecified atom stereocenters. The normalized spacial score (nSPS) is 19.3. The van der Waals surface area contributed by atoms with Crippen molar-refractivity contribution < 1.29 is 9.63 Å². The van der Waals surface area contributed by atoms with Crippen LogP contribution in [0.3, 0.4) is 0 Å². The zero-order valence-corrected chi connectivity index (χ0v) is 12.3. The van der Waals surface area contributed by atoms with Crippen LogP contribution in [0.15, 0.2) is 41.3 Å². The van der Waals surface area contributed by atoms with E-state index in [4.69, 9.17) is 4.84 Å². The lowest BCUT2D eigenvalue weighted by Gasteiger charge is -2.23. The predicted molar refractivity (Wildman–Crippen MR) is 78.7 cm³/mol. The highest BCUT2D eigenvalue weighted by atomic mass is 32.2. The highest BCUT2D eigenvalue weighted by Gasteiger charge is 2.33. The molecule has 0 radical (unpaired) electrons. The topological polar surface area (TPSA) is 38.3 Å². The number of thioether (sulfide) groups is 1. The molecule has 1 N–H and O–H groups in total. The van der Waals surface area contributed by atoms with Crippen LogP contribution in [0, 0.1) is 0 Å². The summed E-state index contributed by atoms with van der Waals surface area (Å²) >= 11 is 1.71. The Morgan fingerprint density at radius 2 is 2.05 bits per heavy atom. The number of nitrogens with one attached hydrogen (secondary N) is 1. The van der Waals surface area contributed by atoms with E-state index in [0.29, 0.717) is 5.25 Å². The van der Waals surface area contributed by atoms with Gasteiger partial charge in [-0.3, -0.25) is 4.79 Å². The number of rotatable bonds is 5. The number of hydrogen-bond donors (Lipinski definition) is 1. The Bertz CT molecular complexity index is 482. The van der Waals surface area contributed by atoms with Gasteiger partial charge in [-0.25, -0.2) is 0 Å². The largest absolute Gasteiger partial charge is 0.304 e. The molecule has 0 bridgehead atoms. The molecule has 1 aromatic rings. The van der Waals surface area contributed by atoms with Gasteiger partial charge in [0.05, 0.1) is 7.11 Å². The number of Topliss-reactive ketones (excluding diaryl/α,β-unsaturated/α-hetero) is 1. The number of hydroxylamine groups is 1. The monoisotopic (exact) mass is 277 g/mol. The summed E-state index contributed by atoms with van der Waals surface area (Å²) in [6, 6.07) is 10.3. The minimum Gasteiger partial charge on any atom is -0.304 e. The van der Waals surface area contributed by atoms with Gasteiger partial charge >= 0.3 is 0 Å². The molecular formula is C15H19NO2S. The van der Waals surface area contributed by atoms with Crippen LogP contribution >= 0.6 is 11.8 Å². The van der Waals surface area contributed by atoms with E-state index in [0.717, 1.165) is 12.0 Å². The van der Waals surface area contributed by atoms with Crippen molar-refractivity contribution in [3.05, 3.63) is 46.9 Å². The fraction of sp³-hybridized carbons (Fsp3) is 0.400. The molecule has 0 spiro atoms. The van der Waals surface area contributed by atoms with E-state index in [9.17, 15) is 4.79 Å². The average molecular weight is 277 g/mol. The summed E-state index contributed by atoms with van der Waals surface area (Å²) in [5.74, 6) is 0.0975. The van der Waals surface area contributed by atoms with Gasteiger partial charge in [0.15, 0.2) is 5.78 Å². The molecule has 0 aliphatic carbocycles. The second-order valence-electron chi connectivity index (χ2n) is 5.14. The molecule has 0 saturated heterocycles. The highest BCUT2D eigenvalue weighted by molar-refractivity contribution is 8.02. The summed E-state index contributed by atoms with van der Waals surface area (Å²) in [6.45, 7) is 3.67. The van der Waals surface area contributed by atoms with Crippen LogP contribution in [0.5, 0.6) is 0 Å². The molecule has 1 aliphatic heterocycles. The van der Waals surface area contributed by atoms with Gasteiger partial charge in [-0.05, 0) is 31.2 Å². The maximum atomic E-state index is 12.4. The molecule has 3 nitrogen and oxygen atoms in total. The van der Waals surface area contributed by atoms with E-state index >= 15 is 0 Å². The Labute approximate surface area is 118 Å². The van der Waals surface area contributed by atoms with E-state index in [1.54, 1.807) is 11.8 Å². The van der Waals surface area contributed by atoms with E-state index in [1.165, 1.54) is 12.7 Å². The van der Waals surface area contributed by atoms with Gasteiger partial charge in [-0.1, -0.05) is 30.3 Å². The lowest BCUT2D eigenvalue weighted by Crippen LogP contribution is -2.46. The summed E-state index contributed by atoms with van der Waals surface area (Å²) < 4.78 is 0. The fourth-order valence-corrected chi connectivity index (χ4v) is 3.30. The molecule has 1 aliphatic rings. The van der Waals surface area contributed by atoms with Crippen molar-refractivity contribution in [2.75, 3.05) is 7.11 Å². The molecule has 2 rings (SSSR count). The lowest BCUT2D eigenvalue weighted by molar-refractivity contribution is -0.125. The lowest BCUT2D eigenvalue weighted by atomic mass is 9.91. The highest BCUT2D eigenvalue weighted by Crippen LogP contribution is 2.43. The third kappa shape index (κ3) is 3.26. The maximum Gasteiger partial charge on any atom is 0.181 e. The average Bonchev–Trinajstić information content (AvgIpc) is 2.88. The Hall–Kier alpha value is -1.10. The molecule has 0 amide bonds. The van der Waals surface area contributed by atoms with E-state index < -0.39 is 5.54 Å². The predicted octanol–water partition coefficient (Wildman–Crippen LogP) is 3.25. The molecule has 0 aromatic heterocycles. The van der Waals surface area contributed by atoms with Gasteiger partial charge in [0, 0.05) is 10.8 Å². The summed E-state index contributed by atoms with van der Waals surface area (Å²) in [4.78, 5) is 17.3. The zero-order chi connectivity index (χ0) is 13.9. The maximum absolute atomic E-state index is 12.4. The van der Waals surface area contributed by atoms with Crippen molar-refractivity contribution in [3.8, 4) is 0 Å². The number of ketones is 1. The molecule has 1 heterocycles. The van der Waals surface area contributed by atoms with Gasteiger partial charge in [0.2, 0.25) is 0 Å². The summed E-state index contributed by atoms with van der Waals surface area (Å²) in [5.41, 5.74) is 4.20. The fourth-order valence-electron chi connectivity index (χ4n) is 2.17. The minimum atomic E-state index is -0.688. The second-order valence-corrected chi connectivity index (χ2v) is 6.22. The van der Waals surface area contributed by atoms with Crippen LogP contribution < -0.4 is 5.48 Å². The minimum absolute atomic E-state index is 0.0975. The third-order valence-electron chi connectivity index (χ3n) is 3.17. The van der Waals surface area contributed by atoms with Crippen molar-refractivity contribution in [1.29, 1.82) is 0 Å². The first-order valence-corrected chi connectivity index (χ1v) is 7.23. The first kappa shape index (κ1) is 14.3. The van der Waals surface area contributed by atoms with Crippen molar-refractivity contribution in [2.45, 2.75) is 31.1 Å². The number of hydrogen-bond acceptors (Lipinski definition) is 4. The third-order valence-corrected chi connectivity index (χ3v) is 4.36. The van der Waals surface area contributed by atoms with Crippen LogP contribution in [-0.2, 0) is 9.63 Å². The van der Waals surface area contributed by atoms with Gasteiger partial charge in [0.1, 0.15) is 5.54 Å². The summed E-state index contributed by atoms with van der Waals surface area (Å²) in [6.07, 6.45) is 0.780. The van der Waals surface area contributed by atoms with E-state index in [2.05, 4.69) is 17.6 Å². The number of carbonyl (C=O) groups excluding carboxylic acids is 1. The van der Waals surface area contributed by atoms with Gasteiger partial charge in [0.25, 0.3) is 0 Å². The van der Waals surface area contributed by atoms with Gasteiger partial charge in [-0.2, -0.15) is 5.48 Å². The van der Waals surface area contributed by atoms with E-state index in [-0.39, 0.29) is 5.78 Å². The van der Waals surface area contributed by atoms with Crippen molar-refractivity contribution in [2.24, 2.45) is 0 Å². The number of benzene rings is 1. The summed E-state index contributed by atoms with van der Waals surface area (Å²) in [5, 5.41) is 2.33. The smallest absolute Gasteiger partial charge is 0.181 e. The quantitative estimate of drug-likeness (QED) is 0.839. The molecule has 0 saturated carbocycles. The van der Waals surface area contributed by atoms with Crippen LogP contribution in [0.1, 0.15) is 31.1 Å². The molecule has 1 aromatic carbocycles. The first-order valence-electron chi connectivity index (χ1n) is 6.29. The van der Waals surface area contributed by atoms with Crippen molar-refractivity contribution >= 4 is 17.5 Å². The van der Waals surface area contributed by atoms with Crippen LogP contribution in [0.2, 0.25) is 0 Å². The Balaban J connectivity index is 2.04. The molecule has 102 valence electrons. The summed E-state index contributed by atoms with van der Waals surface area (Å²) in [7, 11) is 1.53. The second kappa shape index (κ2) is 5.90. The molecule has 0 fully saturated rings. The van der Waals surface area contributed by atoms with E-state index in [1.807, 2.05) is 37.5 Å². The SMILES string of the molecule is CONC(C)(C)C(=O)C1=CSC(c2ccccc2)C1. The van der Waals surface area contributed by atoms with Crippen molar-refractivity contribution in [1.82, 2.24) is 5.48 Å². The molecule has 1 atom stereocenters. The Kier molecular flexibility index (Phi) is 4.45.